The van der Waals surface area contributed by atoms with Gasteiger partial charge in [0.05, 0.1) is 0 Å². The van der Waals surface area contributed by atoms with Crippen molar-refractivity contribution in [3.63, 3.8) is 0 Å². The average molecular weight is 1100 g/mol. The van der Waals surface area contributed by atoms with Gasteiger partial charge in [-0.15, -0.1) is 0 Å². The molecule has 78 heavy (non-hydrogen) atoms. The molecule has 0 N–H and O–H groups in total. The monoisotopic (exact) mass is 1100 g/mol. The maximum absolute atomic E-state index is 12.9. The Kier molecular flexibility index (Phi) is 66.0. The van der Waals surface area contributed by atoms with Gasteiger partial charge in [-0.1, -0.05) is 360 Å². The van der Waals surface area contributed by atoms with Crippen molar-refractivity contribution in [2.45, 2.75) is 419 Å². The van der Waals surface area contributed by atoms with Gasteiger partial charge >= 0.3 is 17.9 Å². The highest BCUT2D eigenvalue weighted by Crippen LogP contribution is 2.19. The van der Waals surface area contributed by atoms with Gasteiger partial charge in [0, 0.05) is 19.3 Å². The first-order valence-corrected chi connectivity index (χ1v) is 35.7. The number of hydrogen-bond donors (Lipinski definition) is 0. The molecule has 0 aliphatic carbocycles. The molecule has 462 valence electrons. The van der Waals surface area contributed by atoms with E-state index in [0.29, 0.717) is 19.3 Å². The molecule has 0 aliphatic heterocycles. The van der Waals surface area contributed by atoms with Gasteiger partial charge in [-0.05, 0) is 44.9 Å². The van der Waals surface area contributed by atoms with Gasteiger partial charge in [-0.3, -0.25) is 14.4 Å². The molecule has 0 fully saturated rings. The zero-order chi connectivity index (χ0) is 56.4. The Morgan fingerprint density at radius 2 is 0.423 bits per heavy atom. The van der Waals surface area contributed by atoms with Crippen LogP contribution in [0.4, 0.5) is 0 Å². The molecule has 0 heterocycles. The second-order valence-electron chi connectivity index (χ2n) is 24.5. The van der Waals surface area contributed by atoms with Crippen molar-refractivity contribution in [1.82, 2.24) is 0 Å². The minimum Gasteiger partial charge on any atom is -0.462 e. The van der Waals surface area contributed by atoms with Crippen LogP contribution in [0.2, 0.25) is 0 Å². The Morgan fingerprint density at radius 3 is 0.641 bits per heavy atom. The van der Waals surface area contributed by atoms with Gasteiger partial charge in [-0.2, -0.15) is 0 Å². The standard InChI is InChI=1S/C72H138O6/c1-4-7-10-13-16-19-21-23-25-27-29-31-32-33-34-35-36-37-38-39-40-42-43-45-47-49-51-53-56-59-62-65-71(74)77-68-69(67-76-70(73)64-61-58-55-18-15-12-9-6-3)78-72(75)66-63-60-57-54-52-50-48-46-44-41-30-28-26-24-22-20-17-14-11-8-5-2/h27,29,69H,4-26,28,30-68H2,1-3H3/b29-27-. The van der Waals surface area contributed by atoms with Gasteiger partial charge in [-0.25, -0.2) is 0 Å². The van der Waals surface area contributed by atoms with Crippen LogP contribution >= 0.6 is 0 Å². The van der Waals surface area contributed by atoms with Gasteiger partial charge in [0.15, 0.2) is 6.10 Å². The fourth-order valence-corrected chi connectivity index (χ4v) is 11.2. The number of carbonyl (C=O) groups is 3. The van der Waals surface area contributed by atoms with Crippen LogP contribution in [0, 0.1) is 0 Å². The topological polar surface area (TPSA) is 78.9 Å². The summed E-state index contributed by atoms with van der Waals surface area (Å²) in [5.41, 5.74) is 0. The van der Waals surface area contributed by atoms with E-state index in [1.165, 1.54) is 315 Å². The average Bonchev–Trinajstić information content (AvgIpc) is 3.44. The summed E-state index contributed by atoms with van der Waals surface area (Å²) in [5, 5.41) is 0. The Balaban J connectivity index is 4.00. The van der Waals surface area contributed by atoms with Crippen LogP contribution in [0.25, 0.3) is 0 Å². The third kappa shape index (κ3) is 65.0. The van der Waals surface area contributed by atoms with Gasteiger partial charge in [0.1, 0.15) is 13.2 Å². The Bertz CT molecular complexity index is 1210. The van der Waals surface area contributed by atoms with E-state index in [2.05, 4.69) is 32.9 Å². The maximum atomic E-state index is 12.9. The van der Waals surface area contributed by atoms with Crippen LogP contribution in [0.15, 0.2) is 12.2 Å². The van der Waals surface area contributed by atoms with Crippen molar-refractivity contribution in [2.24, 2.45) is 0 Å². The minimum atomic E-state index is -0.763. The lowest BCUT2D eigenvalue weighted by Gasteiger charge is -2.18. The molecule has 0 bridgehead atoms. The van der Waals surface area contributed by atoms with Crippen LogP contribution < -0.4 is 0 Å². The Hall–Kier alpha value is -1.85. The molecule has 0 rings (SSSR count). The molecule has 6 nitrogen and oxygen atoms in total. The van der Waals surface area contributed by atoms with E-state index >= 15 is 0 Å². The van der Waals surface area contributed by atoms with Crippen molar-refractivity contribution >= 4 is 17.9 Å². The van der Waals surface area contributed by atoms with E-state index in [1.807, 2.05) is 0 Å². The first-order chi connectivity index (χ1) is 38.5. The first kappa shape index (κ1) is 76.1. The van der Waals surface area contributed by atoms with Gasteiger partial charge in [0.2, 0.25) is 0 Å². The summed E-state index contributed by atoms with van der Waals surface area (Å²) in [5.74, 6) is -0.834. The quantitative estimate of drug-likeness (QED) is 0.0261. The van der Waals surface area contributed by atoms with Crippen molar-refractivity contribution in [3.05, 3.63) is 12.2 Å². The molecule has 0 aliphatic rings. The van der Waals surface area contributed by atoms with E-state index in [0.717, 1.165) is 57.8 Å². The summed E-state index contributed by atoms with van der Waals surface area (Å²) in [7, 11) is 0. The summed E-state index contributed by atoms with van der Waals surface area (Å²) >= 11 is 0. The third-order valence-electron chi connectivity index (χ3n) is 16.5. The van der Waals surface area contributed by atoms with Gasteiger partial charge in [0.25, 0.3) is 0 Å². The first-order valence-electron chi connectivity index (χ1n) is 35.7. The van der Waals surface area contributed by atoms with E-state index in [1.54, 1.807) is 0 Å². The molecule has 0 saturated carbocycles. The number of hydrogen-bond acceptors (Lipinski definition) is 6. The van der Waals surface area contributed by atoms with Crippen molar-refractivity contribution in [1.29, 1.82) is 0 Å². The molecule has 6 heteroatoms. The number of ether oxygens (including phenoxy) is 3. The highest BCUT2D eigenvalue weighted by atomic mass is 16.6. The lowest BCUT2D eigenvalue weighted by atomic mass is 10.0. The number of allylic oxidation sites excluding steroid dienone is 2. The number of esters is 3. The molecule has 0 aromatic carbocycles. The highest BCUT2D eigenvalue weighted by molar-refractivity contribution is 5.71. The maximum Gasteiger partial charge on any atom is 0.306 e. The van der Waals surface area contributed by atoms with Crippen LogP contribution in [0.3, 0.4) is 0 Å². The fraction of sp³-hybridized carbons (Fsp3) is 0.931. The largest absolute Gasteiger partial charge is 0.462 e. The Labute approximate surface area is 488 Å². The molecule has 0 radical (unpaired) electrons. The lowest BCUT2D eigenvalue weighted by molar-refractivity contribution is -0.167. The third-order valence-corrected chi connectivity index (χ3v) is 16.5. The summed E-state index contributed by atoms with van der Waals surface area (Å²) < 4.78 is 16.9. The van der Waals surface area contributed by atoms with Crippen LogP contribution in [-0.4, -0.2) is 37.2 Å². The fourth-order valence-electron chi connectivity index (χ4n) is 11.2. The second-order valence-corrected chi connectivity index (χ2v) is 24.5. The molecule has 1 unspecified atom stereocenters. The molecule has 0 spiro atoms. The summed E-state index contributed by atoms with van der Waals surface area (Å²) in [6, 6.07) is 0. The van der Waals surface area contributed by atoms with Gasteiger partial charge < -0.3 is 14.2 Å². The highest BCUT2D eigenvalue weighted by Gasteiger charge is 2.19. The molecule has 1 atom stereocenters. The lowest BCUT2D eigenvalue weighted by Crippen LogP contribution is -2.30. The molecule has 0 aromatic heterocycles. The van der Waals surface area contributed by atoms with E-state index < -0.39 is 6.10 Å². The summed E-state index contributed by atoms with van der Waals surface area (Å²) in [6.45, 7) is 6.70. The van der Waals surface area contributed by atoms with E-state index in [-0.39, 0.29) is 31.1 Å². The zero-order valence-corrected chi connectivity index (χ0v) is 53.2. The number of carbonyl (C=O) groups excluding carboxylic acids is 3. The predicted octanol–water partition coefficient (Wildman–Crippen LogP) is 24.4. The normalized spacial score (nSPS) is 12.0. The SMILES string of the molecule is CCCCCCCCCC/C=C\CCCCCCCCCCCCCCCCCCCCCC(=O)OCC(COC(=O)CCCCCCCCCC)OC(=O)CCCCCCCCCCCCCCCCCCCCCCC. The Morgan fingerprint density at radius 1 is 0.244 bits per heavy atom. The molecule has 0 amide bonds. The number of rotatable bonds is 67. The molecular weight excluding hydrogens is 961 g/mol. The van der Waals surface area contributed by atoms with Crippen molar-refractivity contribution in [2.75, 3.05) is 13.2 Å². The minimum absolute atomic E-state index is 0.0625. The van der Waals surface area contributed by atoms with Crippen molar-refractivity contribution < 1.29 is 28.6 Å². The molecule has 0 aromatic rings. The predicted molar refractivity (Wildman–Crippen MR) is 340 cm³/mol. The summed E-state index contributed by atoms with van der Waals surface area (Å²) in [4.78, 5) is 38.2. The van der Waals surface area contributed by atoms with Crippen LogP contribution in [-0.2, 0) is 28.6 Å². The molecular formula is C72H138O6. The smallest absolute Gasteiger partial charge is 0.306 e. The van der Waals surface area contributed by atoms with E-state index in [4.69, 9.17) is 14.2 Å². The number of unbranched alkanes of at least 4 members (excludes halogenated alkanes) is 54. The van der Waals surface area contributed by atoms with E-state index in [9.17, 15) is 14.4 Å². The summed E-state index contributed by atoms with van der Waals surface area (Å²) in [6.07, 6.45) is 81.3. The zero-order valence-electron chi connectivity index (χ0n) is 53.2. The molecule has 0 saturated heterocycles. The second kappa shape index (κ2) is 67.7. The van der Waals surface area contributed by atoms with Crippen LogP contribution in [0.1, 0.15) is 412 Å². The van der Waals surface area contributed by atoms with Crippen molar-refractivity contribution in [3.8, 4) is 0 Å². The van der Waals surface area contributed by atoms with Crippen LogP contribution in [0.5, 0.6) is 0 Å².